The topological polar surface area (TPSA) is 66.4 Å². The van der Waals surface area contributed by atoms with Crippen LogP contribution in [0, 0.1) is 23.4 Å². The molecule has 136 valence electrons. The molecule has 3 rings (SSSR count). The van der Waals surface area contributed by atoms with E-state index in [-0.39, 0.29) is 18.4 Å². The molecule has 2 N–H and O–H groups in total. The number of aliphatic carboxylic acids is 1. The van der Waals surface area contributed by atoms with Crippen LogP contribution in [0.5, 0.6) is 0 Å². The first-order chi connectivity index (χ1) is 12.4. The number of carboxylic acid groups (broad SMARTS) is 1. The van der Waals surface area contributed by atoms with Gasteiger partial charge in [0, 0.05) is 17.4 Å². The fourth-order valence-corrected chi connectivity index (χ4v) is 3.07. The van der Waals surface area contributed by atoms with Gasteiger partial charge in [0.2, 0.25) is 5.91 Å². The lowest BCUT2D eigenvalue weighted by Gasteiger charge is -2.17. The van der Waals surface area contributed by atoms with Crippen molar-refractivity contribution in [1.29, 1.82) is 0 Å². The van der Waals surface area contributed by atoms with Gasteiger partial charge in [-0.2, -0.15) is 0 Å². The molecule has 0 radical (unpaired) electrons. The second-order valence-corrected chi connectivity index (χ2v) is 6.29. The number of hydrogen-bond acceptors (Lipinski definition) is 2. The fraction of sp³-hybridized carbons (Fsp3) is 0.263. The zero-order chi connectivity index (χ0) is 18.8. The Kier molecular flexibility index (Phi) is 4.97. The molecule has 7 heteroatoms. The number of rotatable bonds is 6. The van der Waals surface area contributed by atoms with E-state index >= 15 is 0 Å². The van der Waals surface area contributed by atoms with Crippen molar-refractivity contribution in [3.05, 3.63) is 71.0 Å². The maximum absolute atomic E-state index is 13.8. The third-order valence-electron chi connectivity index (χ3n) is 4.47. The Balaban J connectivity index is 1.73. The largest absolute Gasteiger partial charge is 0.481 e. The van der Waals surface area contributed by atoms with Crippen LogP contribution in [0.3, 0.4) is 0 Å². The summed E-state index contributed by atoms with van der Waals surface area (Å²) in [6.07, 6.45) is -0.101. The Bertz CT molecular complexity index is 818. The van der Waals surface area contributed by atoms with Crippen LogP contribution in [0.2, 0.25) is 0 Å². The predicted octanol–water partition coefficient (Wildman–Crippen LogP) is 3.54. The second-order valence-electron chi connectivity index (χ2n) is 6.29. The average Bonchev–Trinajstić information content (AvgIpc) is 3.35. The van der Waals surface area contributed by atoms with E-state index in [0.717, 1.165) is 12.1 Å². The smallest absolute Gasteiger partial charge is 0.305 e. The molecule has 0 heterocycles. The molecule has 4 nitrogen and oxygen atoms in total. The van der Waals surface area contributed by atoms with E-state index in [9.17, 15) is 22.8 Å². The summed E-state index contributed by atoms with van der Waals surface area (Å²) in [4.78, 5) is 23.5. The van der Waals surface area contributed by atoms with Gasteiger partial charge in [-0.15, -0.1) is 0 Å². The van der Waals surface area contributed by atoms with Crippen molar-refractivity contribution in [3.63, 3.8) is 0 Å². The van der Waals surface area contributed by atoms with Crippen molar-refractivity contribution >= 4 is 11.9 Å². The second kappa shape index (κ2) is 7.19. The summed E-state index contributed by atoms with van der Waals surface area (Å²) >= 11 is 0. The highest BCUT2D eigenvalue weighted by Gasteiger charge is 2.47. The zero-order valence-electron chi connectivity index (χ0n) is 13.6. The number of carbonyl (C=O) groups excluding carboxylic acids is 1. The van der Waals surface area contributed by atoms with E-state index in [1.54, 1.807) is 0 Å². The highest BCUT2D eigenvalue weighted by atomic mass is 19.1. The lowest BCUT2D eigenvalue weighted by molar-refractivity contribution is -0.137. The number of hydrogen-bond donors (Lipinski definition) is 2. The molecule has 1 fully saturated rings. The van der Waals surface area contributed by atoms with Gasteiger partial charge in [-0.3, -0.25) is 9.59 Å². The first kappa shape index (κ1) is 18.0. The monoisotopic (exact) mass is 363 g/mol. The molecule has 1 saturated carbocycles. The van der Waals surface area contributed by atoms with Gasteiger partial charge in [-0.1, -0.05) is 18.2 Å². The minimum absolute atomic E-state index is 0.121. The molecule has 26 heavy (non-hydrogen) atoms. The van der Waals surface area contributed by atoms with Crippen molar-refractivity contribution in [3.8, 4) is 0 Å². The van der Waals surface area contributed by atoms with E-state index in [1.165, 1.54) is 30.3 Å². The van der Waals surface area contributed by atoms with E-state index in [1.807, 2.05) is 0 Å². The maximum Gasteiger partial charge on any atom is 0.305 e. The van der Waals surface area contributed by atoms with Crippen LogP contribution in [0.15, 0.2) is 42.5 Å². The van der Waals surface area contributed by atoms with Crippen molar-refractivity contribution in [2.24, 2.45) is 5.92 Å². The summed E-state index contributed by atoms with van der Waals surface area (Å²) < 4.78 is 40.7. The summed E-state index contributed by atoms with van der Waals surface area (Å²) in [5.41, 5.74) is 0.320. The summed E-state index contributed by atoms with van der Waals surface area (Å²) in [6.45, 7) is 0. The van der Waals surface area contributed by atoms with Gasteiger partial charge < -0.3 is 10.4 Å². The number of halogens is 3. The molecule has 3 atom stereocenters. The van der Waals surface area contributed by atoms with Gasteiger partial charge in [0.05, 0.1) is 12.5 Å². The maximum atomic E-state index is 13.8. The molecule has 1 aliphatic rings. The number of nitrogens with one attached hydrogen (secondary N) is 1. The molecular weight excluding hydrogens is 347 g/mol. The van der Waals surface area contributed by atoms with Gasteiger partial charge in [0.25, 0.3) is 0 Å². The first-order valence-electron chi connectivity index (χ1n) is 8.08. The molecule has 2 aromatic rings. The highest BCUT2D eigenvalue weighted by Crippen LogP contribution is 2.49. The Morgan fingerprint density at radius 2 is 1.69 bits per heavy atom. The van der Waals surface area contributed by atoms with E-state index < -0.39 is 47.2 Å². The van der Waals surface area contributed by atoms with Crippen molar-refractivity contribution in [2.75, 3.05) is 0 Å². The third-order valence-corrected chi connectivity index (χ3v) is 4.47. The Morgan fingerprint density at radius 1 is 1.08 bits per heavy atom. The van der Waals surface area contributed by atoms with Gasteiger partial charge in [0.1, 0.15) is 17.5 Å². The molecular formula is C19H16F3NO3. The average molecular weight is 363 g/mol. The molecule has 0 spiro atoms. The van der Waals surface area contributed by atoms with Gasteiger partial charge >= 0.3 is 5.97 Å². The number of benzene rings is 2. The SMILES string of the molecule is O=C(O)CC(NC(=O)C1CC1c1c(F)cccc1F)c1ccc(F)cc1. The molecule has 2 aromatic carbocycles. The van der Waals surface area contributed by atoms with Crippen LogP contribution < -0.4 is 5.32 Å². The zero-order valence-corrected chi connectivity index (χ0v) is 13.6. The fourth-order valence-electron chi connectivity index (χ4n) is 3.07. The van der Waals surface area contributed by atoms with Crippen LogP contribution in [0.1, 0.15) is 35.9 Å². The number of amides is 1. The summed E-state index contributed by atoms with van der Waals surface area (Å²) in [7, 11) is 0. The van der Waals surface area contributed by atoms with Crippen LogP contribution >= 0.6 is 0 Å². The van der Waals surface area contributed by atoms with Crippen LogP contribution in [0.4, 0.5) is 13.2 Å². The Labute approximate surface area is 147 Å². The molecule has 0 saturated heterocycles. The van der Waals surface area contributed by atoms with Crippen LogP contribution in [-0.2, 0) is 9.59 Å². The lowest BCUT2D eigenvalue weighted by atomic mass is 10.0. The molecule has 0 aliphatic heterocycles. The molecule has 0 bridgehead atoms. The number of carboxylic acids is 1. The van der Waals surface area contributed by atoms with Crippen molar-refractivity contribution < 1.29 is 27.9 Å². The van der Waals surface area contributed by atoms with E-state index in [2.05, 4.69) is 5.32 Å². The minimum Gasteiger partial charge on any atom is -0.481 e. The van der Waals surface area contributed by atoms with E-state index in [0.29, 0.717) is 5.56 Å². The van der Waals surface area contributed by atoms with E-state index in [4.69, 9.17) is 5.11 Å². The van der Waals surface area contributed by atoms with Crippen LogP contribution in [-0.4, -0.2) is 17.0 Å². The Hall–Kier alpha value is -2.83. The molecule has 1 amide bonds. The summed E-state index contributed by atoms with van der Waals surface area (Å²) in [6, 6.07) is 7.80. The van der Waals surface area contributed by atoms with Gasteiger partial charge in [-0.05, 0) is 36.2 Å². The highest BCUT2D eigenvalue weighted by molar-refractivity contribution is 5.84. The standard InChI is InChI=1S/C19H16F3NO3/c20-11-6-4-10(5-7-11)16(9-17(24)25)23-19(26)13-8-12(13)18-14(21)2-1-3-15(18)22/h1-7,12-13,16H,8-9H2,(H,23,26)(H,24,25). The van der Waals surface area contributed by atoms with Gasteiger partial charge in [-0.25, -0.2) is 13.2 Å². The molecule has 3 unspecified atom stereocenters. The summed E-state index contributed by atoms with van der Waals surface area (Å²) in [5, 5.41) is 11.6. The predicted molar refractivity (Wildman–Crippen MR) is 86.7 cm³/mol. The van der Waals surface area contributed by atoms with Gasteiger partial charge in [0.15, 0.2) is 0 Å². The summed E-state index contributed by atoms with van der Waals surface area (Å²) in [5.74, 6) is -4.70. The number of carbonyl (C=O) groups is 2. The minimum atomic E-state index is -1.13. The Morgan fingerprint density at radius 3 is 2.27 bits per heavy atom. The normalized spacial score (nSPS) is 19.7. The quantitative estimate of drug-likeness (QED) is 0.825. The first-order valence-corrected chi connectivity index (χ1v) is 8.08. The van der Waals surface area contributed by atoms with Crippen molar-refractivity contribution in [1.82, 2.24) is 5.32 Å². The van der Waals surface area contributed by atoms with Crippen molar-refractivity contribution in [2.45, 2.75) is 24.8 Å². The van der Waals surface area contributed by atoms with Crippen LogP contribution in [0.25, 0.3) is 0 Å². The molecule has 1 aliphatic carbocycles. The molecule has 0 aromatic heterocycles. The lowest BCUT2D eigenvalue weighted by Crippen LogP contribution is -2.31. The third kappa shape index (κ3) is 3.87.